The van der Waals surface area contributed by atoms with Crippen molar-refractivity contribution in [1.82, 2.24) is 4.90 Å². The Bertz CT molecular complexity index is 977. The highest BCUT2D eigenvalue weighted by Gasteiger charge is 2.34. The second-order valence-corrected chi connectivity index (χ2v) is 9.18. The summed E-state index contributed by atoms with van der Waals surface area (Å²) in [5.41, 5.74) is 1.36. The number of anilines is 1. The predicted molar refractivity (Wildman–Crippen MR) is 138 cm³/mol. The van der Waals surface area contributed by atoms with Gasteiger partial charge in [-0.15, -0.1) is 0 Å². The van der Waals surface area contributed by atoms with Gasteiger partial charge in [-0.1, -0.05) is 37.9 Å². The van der Waals surface area contributed by atoms with Crippen molar-refractivity contribution in [1.29, 1.82) is 0 Å². The third-order valence-corrected chi connectivity index (χ3v) is 6.56. The molecule has 0 aliphatic carbocycles. The largest absolute Gasteiger partial charge is 0.494 e. The van der Waals surface area contributed by atoms with Crippen LogP contribution in [0.2, 0.25) is 0 Å². The number of hydrogen-bond acceptors (Lipinski definition) is 6. The molecular formula is C26H33N3O4S. The van der Waals surface area contributed by atoms with Crippen LogP contribution in [0.5, 0.6) is 11.5 Å². The lowest BCUT2D eigenvalue weighted by atomic mass is 10.2. The predicted octanol–water partition coefficient (Wildman–Crippen LogP) is 5.63. The zero-order valence-electron chi connectivity index (χ0n) is 20.1. The summed E-state index contributed by atoms with van der Waals surface area (Å²) in [6, 6.07) is 14.7. The minimum Gasteiger partial charge on any atom is -0.494 e. The van der Waals surface area contributed by atoms with Crippen molar-refractivity contribution < 1.29 is 19.1 Å². The molecule has 0 radical (unpaired) electrons. The third-order valence-electron chi connectivity index (χ3n) is 5.32. The van der Waals surface area contributed by atoms with Gasteiger partial charge in [0.15, 0.2) is 5.17 Å². The van der Waals surface area contributed by atoms with Gasteiger partial charge in [0.1, 0.15) is 16.7 Å². The lowest BCUT2D eigenvalue weighted by Crippen LogP contribution is -2.43. The zero-order chi connectivity index (χ0) is 24.3. The maximum atomic E-state index is 12.9. The van der Waals surface area contributed by atoms with E-state index in [1.54, 1.807) is 7.05 Å². The lowest BCUT2D eigenvalue weighted by Gasteiger charge is -2.28. The molecule has 8 heteroatoms. The first kappa shape index (κ1) is 25.6. The molecule has 182 valence electrons. The smallest absolute Gasteiger partial charge is 0.238 e. The molecule has 1 atom stereocenters. The summed E-state index contributed by atoms with van der Waals surface area (Å²) in [7, 11) is 1.68. The maximum absolute atomic E-state index is 12.9. The molecule has 1 heterocycles. The van der Waals surface area contributed by atoms with Gasteiger partial charge >= 0.3 is 0 Å². The fourth-order valence-corrected chi connectivity index (χ4v) is 4.43. The van der Waals surface area contributed by atoms with Gasteiger partial charge in [0, 0.05) is 19.2 Å². The van der Waals surface area contributed by atoms with Crippen LogP contribution >= 0.6 is 11.8 Å². The summed E-state index contributed by atoms with van der Waals surface area (Å²) in [5.74, 6) is 1.18. The molecule has 34 heavy (non-hydrogen) atoms. The highest BCUT2D eigenvalue weighted by atomic mass is 32.2. The highest BCUT2D eigenvalue weighted by molar-refractivity contribution is 8.15. The van der Waals surface area contributed by atoms with E-state index in [1.165, 1.54) is 35.9 Å². The Hall–Kier alpha value is -3.00. The molecule has 2 amide bonds. The van der Waals surface area contributed by atoms with Crippen LogP contribution in [-0.4, -0.2) is 47.4 Å². The van der Waals surface area contributed by atoms with Crippen LogP contribution in [0.1, 0.15) is 46.0 Å². The van der Waals surface area contributed by atoms with Crippen molar-refractivity contribution in [2.24, 2.45) is 4.99 Å². The number of thioether (sulfide) groups is 1. The average molecular weight is 484 g/mol. The molecule has 0 aromatic heterocycles. The van der Waals surface area contributed by atoms with Crippen molar-refractivity contribution in [3.8, 4) is 11.5 Å². The fourth-order valence-electron chi connectivity index (χ4n) is 3.37. The molecule has 1 unspecified atom stereocenters. The second-order valence-electron chi connectivity index (χ2n) is 8.01. The van der Waals surface area contributed by atoms with E-state index >= 15 is 0 Å². The molecule has 2 aromatic carbocycles. The van der Waals surface area contributed by atoms with Crippen molar-refractivity contribution >= 4 is 40.1 Å². The minimum atomic E-state index is -0.556. The monoisotopic (exact) mass is 483 g/mol. The van der Waals surface area contributed by atoms with Crippen LogP contribution in [0.25, 0.3) is 0 Å². The minimum absolute atomic E-state index is 0.119. The molecule has 0 spiro atoms. The highest BCUT2D eigenvalue weighted by Crippen LogP contribution is 2.30. The van der Waals surface area contributed by atoms with Crippen LogP contribution in [-0.2, 0) is 9.59 Å². The van der Waals surface area contributed by atoms with E-state index in [1.807, 2.05) is 55.5 Å². The van der Waals surface area contributed by atoms with Gasteiger partial charge in [0.05, 0.1) is 18.9 Å². The number of aliphatic imine (C=N–C) groups is 1. The molecule has 3 rings (SSSR count). The molecule has 1 fully saturated rings. The number of nitrogens with one attached hydrogen (secondary N) is 1. The maximum Gasteiger partial charge on any atom is 0.238 e. The van der Waals surface area contributed by atoms with Gasteiger partial charge in [0.25, 0.3) is 0 Å². The summed E-state index contributed by atoms with van der Waals surface area (Å²) in [4.78, 5) is 31.5. The summed E-state index contributed by atoms with van der Waals surface area (Å²) in [6.07, 6.45) is 4.74. The number of amidine groups is 1. The number of unbranched alkanes of at least 4 members (excludes halogenated alkanes) is 3. The summed E-state index contributed by atoms with van der Waals surface area (Å²) < 4.78 is 11.2. The Morgan fingerprint density at radius 1 is 1.03 bits per heavy atom. The van der Waals surface area contributed by atoms with Gasteiger partial charge in [0.2, 0.25) is 11.8 Å². The topological polar surface area (TPSA) is 80.2 Å². The number of hydrogen-bond donors (Lipinski definition) is 1. The number of nitrogens with zero attached hydrogens (tertiary/aromatic N) is 2. The molecule has 1 saturated heterocycles. The van der Waals surface area contributed by atoms with E-state index in [-0.39, 0.29) is 18.2 Å². The fraction of sp³-hybridized carbons (Fsp3) is 0.423. The van der Waals surface area contributed by atoms with Crippen LogP contribution in [0.4, 0.5) is 11.4 Å². The van der Waals surface area contributed by atoms with Crippen LogP contribution in [0.3, 0.4) is 0 Å². The van der Waals surface area contributed by atoms with Crippen LogP contribution in [0, 0.1) is 0 Å². The molecule has 7 nitrogen and oxygen atoms in total. The summed E-state index contributed by atoms with van der Waals surface area (Å²) >= 11 is 1.29. The van der Waals surface area contributed by atoms with Crippen molar-refractivity contribution in [2.75, 3.05) is 25.6 Å². The van der Waals surface area contributed by atoms with Crippen molar-refractivity contribution in [3.05, 3.63) is 48.5 Å². The summed E-state index contributed by atoms with van der Waals surface area (Å²) in [5, 5.41) is 2.84. The van der Waals surface area contributed by atoms with Crippen molar-refractivity contribution in [3.63, 3.8) is 0 Å². The van der Waals surface area contributed by atoms with E-state index in [9.17, 15) is 9.59 Å². The van der Waals surface area contributed by atoms with E-state index in [0.717, 1.165) is 17.9 Å². The average Bonchev–Trinajstić information content (AvgIpc) is 2.84. The number of carbonyl (C=O) groups excluding carboxylic acids is 2. The zero-order valence-corrected chi connectivity index (χ0v) is 20.9. The van der Waals surface area contributed by atoms with Crippen LogP contribution < -0.4 is 14.8 Å². The molecule has 1 N–H and O–H groups in total. The van der Waals surface area contributed by atoms with Crippen LogP contribution in [0.15, 0.2) is 53.5 Å². The quantitative estimate of drug-likeness (QED) is 0.419. The first-order chi connectivity index (χ1) is 16.5. The number of carbonyl (C=O) groups is 2. The van der Waals surface area contributed by atoms with E-state index in [0.29, 0.717) is 29.8 Å². The standard InChI is InChI=1S/C26H33N3O4S/c1-4-6-7-8-17-33-22-15-9-19(10-16-22)27-25(31)23-18-24(30)29(3)26(34-23)28-20-11-13-21(14-12-20)32-5-2/h9-16,23H,4-8,17-18H2,1-3H3,(H,27,31). The Morgan fingerprint density at radius 2 is 1.71 bits per heavy atom. The van der Waals surface area contributed by atoms with E-state index < -0.39 is 5.25 Å². The first-order valence-corrected chi connectivity index (χ1v) is 12.7. The molecule has 2 aromatic rings. The SMILES string of the molecule is CCCCCCOc1ccc(NC(=O)C2CC(=O)N(C)C(=Nc3ccc(OCC)cc3)S2)cc1. The molecule has 0 bridgehead atoms. The number of benzene rings is 2. The molecule has 1 aliphatic heterocycles. The number of amides is 2. The van der Waals surface area contributed by atoms with Gasteiger partial charge in [-0.05, 0) is 61.9 Å². The molecule has 0 saturated carbocycles. The first-order valence-electron chi connectivity index (χ1n) is 11.8. The van der Waals surface area contributed by atoms with Gasteiger partial charge < -0.3 is 14.8 Å². The Morgan fingerprint density at radius 3 is 2.38 bits per heavy atom. The second kappa shape index (κ2) is 13.0. The van der Waals surface area contributed by atoms with Crippen molar-refractivity contribution in [2.45, 2.75) is 51.2 Å². The van der Waals surface area contributed by atoms with Gasteiger partial charge in [-0.3, -0.25) is 14.5 Å². The lowest BCUT2D eigenvalue weighted by molar-refractivity contribution is -0.128. The van der Waals surface area contributed by atoms with Gasteiger partial charge in [-0.25, -0.2) is 4.99 Å². The van der Waals surface area contributed by atoms with Gasteiger partial charge in [-0.2, -0.15) is 0 Å². The molecular weight excluding hydrogens is 450 g/mol. The number of rotatable bonds is 11. The van der Waals surface area contributed by atoms with E-state index in [2.05, 4.69) is 17.2 Å². The third kappa shape index (κ3) is 7.52. The number of ether oxygens (including phenoxy) is 2. The normalized spacial score (nSPS) is 17.0. The summed E-state index contributed by atoms with van der Waals surface area (Å²) in [6.45, 7) is 5.39. The Labute approximate surface area is 205 Å². The van der Waals surface area contributed by atoms with E-state index in [4.69, 9.17) is 9.47 Å². The Kier molecular flexibility index (Phi) is 9.82. The Balaban J connectivity index is 1.58. The molecule has 1 aliphatic rings.